The van der Waals surface area contributed by atoms with E-state index in [4.69, 9.17) is 4.74 Å². The molecule has 0 saturated carbocycles. The first-order valence-corrected chi connectivity index (χ1v) is 5.59. The Hall–Kier alpha value is -0.840. The van der Waals surface area contributed by atoms with Crippen molar-refractivity contribution in [3.8, 4) is 0 Å². The number of likely N-dealkylation sites (N-methyl/N-ethyl adjacent to an activating group) is 1. The molecule has 2 atom stereocenters. The number of nitrogens with zero attached hydrogens (tertiary/aromatic N) is 1. The molecule has 0 aromatic carbocycles. The van der Waals surface area contributed by atoms with Gasteiger partial charge < -0.3 is 15.0 Å². The number of hydrogen-bond donors (Lipinski definition) is 1. The summed E-state index contributed by atoms with van der Waals surface area (Å²) in [7, 11) is 1.67. The van der Waals surface area contributed by atoms with E-state index in [2.05, 4.69) is 5.32 Å². The minimum absolute atomic E-state index is 0.0347. The molecule has 0 aliphatic carbocycles. The van der Waals surface area contributed by atoms with Crippen LogP contribution in [0.4, 0.5) is 9.18 Å². The van der Waals surface area contributed by atoms with Crippen LogP contribution in [0.2, 0.25) is 0 Å². The number of hydrogen-bond acceptors (Lipinski definition) is 3. The molecule has 1 rings (SSSR count). The predicted molar refractivity (Wildman–Crippen MR) is 60.2 cm³/mol. The SMILES string of the molecule is CN(CC1CC(F)CN1)C(=O)OC(C)(C)C. The number of amides is 1. The molecule has 1 aliphatic heterocycles. The molecule has 1 amide bonds. The lowest BCUT2D eigenvalue weighted by Crippen LogP contribution is -2.41. The van der Waals surface area contributed by atoms with Crippen molar-refractivity contribution in [2.45, 2.75) is 45.0 Å². The van der Waals surface area contributed by atoms with Crippen LogP contribution in [0.3, 0.4) is 0 Å². The molecule has 16 heavy (non-hydrogen) atoms. The second kappa shape index (κ2) is 4.99. The van der Waals surface area contributed by atoms with Gasteiger partial charge in [-0.25, -0.2) is 9.18 Å². The highest BCUT2D eigenvalue weighted by Crippen LogP contribution is 2.13. The Bertz CT molecular complexity index is 253. The Balaban J connectivity index is 2.34. The van der Waals surface area contributed by atoms with Crippen molar-refractivity contribution in [2.24, 2.45) is 0 Å². The number of halogens is 1. The standard InChI is InChI=1S/C11H21FN2O2/c1-11(2,3)16-10(15)14(4)7-9-5-8(12)6-13-9/h8-9,13H,5-7H2,1-4H3. The van der Waals surface area contributed by atoms with Crippen LogP contribution in [0.1, 0.15) is 27.2 Å². The fourth-order valence-electron chi connectivity index (χ4n) is 1.65. The average Bonchev–Trinajstić information content (AvgIpc) is 2.48. The highest BCUT2D eigenvalue weighted by molar-refractivity contribution is 5.67. The maximum atomic E-state index is 12.9. The summed E-state index contributed by atoms with van der Waals surface area (Å²) in [6.07, 6.45) is -0.693. The molecule has 0 aromatic rings. The van der Waals surface area contributed by atoms with E-state index in [0.29, 0.717) is 19.5 Å². The van der Waals surface area contributed by atoms with Gasteiger partial charge in [0, 0.05) is 26.2 Å². The number of rotatable bonds is 2. The quantitative estimate of drug-likeness (QED) is 0.785. The van der Waals surface area contributed by atoms with Crippen LogP contribution < -0.4 is 5.32 Å². The van der Waals surface area contributed by atoms with Gasteiger partial charge in [0.15, 0.2) is 0 Å². The van der Waals surface area contributed by atoms with Crippen molar-refractivity contribution in [3.63, 3.8) is 0 Å². The Kier molecular flexibility index (Phi) is 4.13. The lowest BCUT2D eigenvalue weighted by atomic mass is 10.2. The Morgan fingerprint density at radius 1 is 1.56 bits per heavy atom. The number of ether oxygens (including phenoxy) is 1. The van der Waals surface area contributed by atoms with Gasteiger partial charge in [-0.15, -0.1) is 0 Å². The second-order valence-corrected chi connectivity index (χ2v) is 5.30. The molecular weight excluding hydrogens is 211 g/mol. The second-order valence-electron chi connectivity index (χ2n) is 5.30. The zero-order valence-electron chi connectivity index (χ0n) is 10.4. The maximum Gasteiger partial charge on any atom is 0.410 e. The van der Waals surface area contributed by atoms with Gasteiger partial charge in [0.2, 0.25) is 0 Å². The van der Waals surface area contributed by atoms with Crippen molar-refractivity contribution in [2.75, 3.05) is 20.1 Å². The molecule has 0 spiro atoms. The topological polar surface area (TPSA) is 41.6 Å². The van der Waals surface area contributed by atoms with Crippen molar-refractivity contribution in [1.29, 1.82) is 0 Å². The molecule has 4 nitrogen and oxygen atoms in total. The van der Waals surface area contributed by atoms with Crippen LogP contribution in [0.5, 0.6) is 0 Å². The van der Waals surface area contributed by atoms with Gasteiger partial charge in [-0.2, -0.15) is 0 Å². The molecule has 1 heterocycles. The fourth-order valence-corrected chi connectivity index (χ4v) is 1.65. The van der Waals surface area contributed by atoms with E-state index < -0.39 is 11.8 Å². The third-order valence-electron chi connectivity index (χ3n) is 2.37. The number of alkyl halides is 1. The molecule has 1 N–H and O–H groups in total. The molecule has 0 radical (unpaired) electrons. The first-order valence-electron chi connectivity index (χ1n) is 5.59. The third kappa shape index (κ3) is 4.35. The lowest BCUT2D eigenvalue weighted by molar-refractivity contribution is 0.0285. The molecule has 5 heteroatoms. The van der Waals surface area contributed by atoms with E-state index in [0.717, 1.165) is 0 Å². The van der Waals surface area contributed by atoms with Crippen LogP contribution in [-0.4, -0.2) is 48.9 Å². The molecule has 2 unspecified atom stereocenters. The number of nitrogens with one attached hydrogen (secondary N) is 1. The van der Waals surface area contributed by atoms with E-state index in [9.17, 15) is 9.18 Å². The summed E-state index contributed by atoms with van der Waals surface area (Å²) in [5.41, 5.74) is -0.489. The summed E-state index contributed by atoms with van der Waals surface area (Å²) in [6, 6.07) is 0.0347. The predicted octanol–water partition coefficient (Wildman–Crippen LogP) is 1.55. The van der Waals surface area contributed by atoms with Gasteiger partial charge in [-0.05, 0) is 27.2 Å². The Morgan fingerprint density at radius 2 is 2.19 bits per heavy atom. The summed E-state index contributed by atoms with van der Waals surface area (Å²) in [5.74, 6) is 0. The van der Waals surface area contributed by atoms with Gasteiger partial charge in [0.25, 0.3) is 0 Å². The largest absolute Gasteiger partial charge is 0.444 e. The van der Waals surface area contributed by atoms with Crippen LogP contribution >= 0.6 is 0 Å². The first kappa shape index (κ1) is 13.2. The maximum absolute atomic E-state index is 12.9. The van der Waals surface area contributed by atoms with Gasteiger partial charge in [-0.3, -0.25) is 0 Å². The van der Waals surface area contributed by atoms with Gasteiger partial charge in [-0.1, -0.05) is 0 Å². The minimum atomic E-state index is -0.794. The van der Waals surface area contributed by atoms with Gasteiger partial charge in [0.1, 0.15) is 11.8 Å². The third-order valence-corrected chi connectivity index (χ3v) is 2.37. The molecule has 1 saturated heterocycles. The molecule has 0 bridgehead atoms. The van der Waals surface area contributed by atoms with E-state index in [1.165, 1.54) is 4.90 Å². The highest BCUT2D eigenvalue weighted by Gasteiger charge is 2.27. The van der Waals surface area contributed by atoms with Crippen LogP contribution in [0, 0.1) is 0 Å². The van der Waals surface area contributed by atoms with Crippen LogP contribution in [0.25, 0.3) is 0 Å². The van der Waals surface area contributed by atoms with Crippen molar-refractivity contribution in [1.82, 2.24) is 10.2 Å². The fraction of sp³-hybridized carbons (Fsp3) is 0.909. The molecule has 1 aliphatic rings. The summed E-state index contributed by atoms with van der Waals surface area (Å²) in [4.78, 5) is 13.1. The molecular formula is C11H21FN2O2. The van der Waals surface area contributed by atoms with E-state index in [1.807, 2.05) is 20.8 Å². The zero-order valence-corrected chi connectivity index (χ0v) is 10.4. The number of carbonyl (C=O) groups is 1. The smallest absolute Gasteiger partial charge is 0.410 e. The van der Waals surface area contributed by atoms with Crippen molar-refractivity contribution >= 4 is 6.09 Å². The summed E-state index contributed by atoms with van der Waals surface area (Å²) < 4.78 is 18.1. The first-order chi connectivity index (χ1) is 7.28. The van der Waals surface area contributed by atoms with E-state index in [-0.39, 0.29) is 12.1 Å². The van der Waals surface area contributed by atoms with Gasteiger partial charge >= 0.3 is 6.09 Å². The van der Waals surface area contributed by atoms with Crippen LogP contribution in [0.15, 0.2) is 0 Å². The van der Waals surface area contributed by atoms with Crippen molar-refractivity contribution < 1.29 is 13.9 Å². The summed E-state index contributed by atoms with van der Waals surface area (Å²) in [6.45, 7) is 6.33. The normalized spacial score (nSPS) is 25.6. The Labute approximate surface area is 96.1 Å². The van der Waals surface area contributed by atoms with Gasteiger partial charge in [0.05, 0.1) is 0 Å². The average molecular weight is 232 g/mol. The summed E-state index contributed by atoms with van der Waals surface area (Å²) >= 11 is 0. The van der Waals surface area contributed by atoms with Crippen molar-refractivity contribution in [3.05, 3.63) is 0 Å². The Morgan fingerprint density at radius 3 is 2.62 bits per heavy atom. The lowest BCUT2D eigenvalue weighted by Gasteiger charge is -2.26. The monoisotopic (exact) mass is 232 g/mol. The zero-order chi connectivity index (χ0) is 12.3. The van der Waals surface area contributed by atoms with E-state index >= 15 is 0 Å². The number of carbonyl (C=O) groups excluding carboxylic acids is 1. The minimum Gasteiger partial charge on any atom is -0.444 e. The highest BCUT2D eigenvalue weighted by atomic mass is 19.1. The molecule has 0 aromatic heterocycles. The van der Waals surface area contributed by atoms with E-state index in [1.54, 1.807) is 7.05 Å². The molecule has 94 valence electrons. The molecule has 1 fully saturated rings. The van der Waals surface area contributed by atoms with Crippen LogP contribution in [-0.2, 0) is 4.74 Å². The summed E-state index contributed by atoms with van der Waals surface area (Å²) in [5, 5.41) is 3.03.